The topological polar surface area (TPSA) is 47.8 Å². The molecule has 1 heterocycles. The van der Waals surface area contributed by atoms with Crippen LogP contribution < -0.4 is 5.56 Å². The Balaban J connectivity index is 0.000000686. The third kappa shape index (κ3) is 3.12. The van der Waals surface area contributed by atoms with Crippen molar-refractivity contribution in [2.24, 2.45) is 0 Å². The second-order valence-corrected chi connectivity index (χ2v) is 3.49. The third-order valence-electron chi connectivity index (χ3n) is 2.35. The molecule has 4 heteroatoms. The molecule has 0 fully saturated rings. The maximum Gasteiger partial charge on any atom is 0.277 e. The van der Waals surface area contributed by atoms with Gasteiger partial charge in [-0.25, -0.2) is 4.68 Å². The number of aryl methyl sites for hydroxylation is 1. The van der Waals surface area contributed by atoms with Gasteiger partial charge >= 0.3 is 0 Å². The molecule has 2 aromatic rings. The van der Waals surface area contributed by atoms with E-state index in [4.69, 9.17) is 0 Å². The van der Waals surface area contributed by atoms with Gasteiger partial charge in [0.2, 0.25) is 0 Å². The Morgan fingerprint density at radius 1 is 1.24 bits per heavy atom. The van der Waals surface area contributed by atoms with Crippen molar-refractivity contribution < 1.29 is 0 Å². The molecule has 0 saturated heterocycles. The molecule has 1 aromatic carbocycles. The van der Waals surface area contributed by atoms with E-state index in [1.807, 2.05) is 26.0 Å². The molecule has 0 aliphatic carbocycles. The molecule has 92 valence electrons. The fraction of sp³-hybridized carbons (Fsp3) is 0.462. The molecule has 2 rings (SSSR count). The fourth-order valence-corrected chi connectivity index (χ4v) is 1.48. The summed E-state index contributed by atoms with van der Waals surface area (Å²) >= 11 is 0. The summed E-state index contributed by atoms with van der Waals surface area (Å²) in [4.78, 5) is 11.9. The molecule has 0 spiro atoms. The predicted octanol–water partition coefficient (Wildman–Crippen LogP) is 2.62. The monoisotopic (exact) mass is 233 g/mol. The van der Waals surface area contributed by atoms with Gasteiger partial charge in [-0.2, -0.15) is 0 Å². The van der Waals surface area contributed by atoms with E-state index in [9.17, 15) is 4.79 Å². The second kappa shape index (κ2) is 6.78. The smallest absolute Gasteiger partial charge is 0.267 e. The van der Waals surface area contributed by atoms with Gasteiger partial charge < -0.3 is 0 Å². The maximum absolute atomic E-state index is 11.9. The van der Waals surface area contributed by atoms with Crippen LogP contribution in [0.25, 0.3) is 10.9 Å². The van der Waals surface area contributed by atoms with E-state index in [1.54, 1.807) is 12.1 Å². The molecule has 0 bridgehead atoms. The van der Waals surface area contributed by atoms with Gasteiger partial charge in [0, 0.05) is 6.54 Å². The van der Waals surface area contributed by atoms with Crippen LogP contribution in [0.2, 0.25) is 0 Å². The van der Waals surface area contributed by atoms with Gasteiger partial charge in [-0.3, -0.25) is 4.79 Å². The van der Waals surface area contributed by atoms with E-state index < -0.39 is 0 Å². The molecule has 0 amide bonds. The van der Waals surface area contributed by atoms with Gasteiger partial charge in [-0.15, -0.1) is 5.10 Å². The molecule has 4 nitrogen and oxygen atoms in total. The lowest BCUT2D eigenvalue weighted by atomic mass is 10.2. The molecule has 0 saturated carbocycles. The van der Waals surface area contributed by atoms with Crippen LogP contribution in [-0.2, 0) is 6.54 Å². The lowest BCUT2D eigenvalue weighted by Crippen LogP contribution is -2.24. The molecule has 0 aliphatic rings. The summed E-state index contributed by atoms with van der Waals surface area (Å²) in [5.74, 6) is 0. The quantitative estimate of drug-likeness (QED) is 0.818. The van der Waals surface area contributed by atoms with Gasteiger partial charge in [0.25, 0.3) is 5.56 Å². The number of nitrogens with zero attached hydrogens (tertiary/aromatic N) is 3. The zero-order valence-electron chi connectivity index (χ0n) is 10.7. The highest BCUT2D eigenvalue weighted by molar-refractivity contribution is 5.76. The average molecular weight is 233 g/mol. The summed E-state index contributed by atoms with van der Waals surface area (Å²) < 4.78 is 1.44. The molecule has 0 radical (unpaired) electrons. The lowest BCUT2D eigenvalue weighted by Gasteiger charge is -2.02. The van der Waals surface area contributed by atoms with E-state index in [0.717, 1.165) is 12.8 Å². The van der Waals surface area contributed by atoms with Crippen molar-refractivity contribution in [1.82, 2.24) is 15.0 Å². The minimum atomic E-state index is -0.0472. The summed E-state index contributed by atoms with van der Waals surface area (Å²) in [6.07, 6.45) is 1.99. The number of hydrogen-bond acceptors (Lipinski definition) is 3. The highest BCUT2D eigenvalue weighted by atomic mass is 16.1. The van der Waals surface area contributed by atoms with Gasteiger partial charge in [-0.1, -0.05) is 44.5 Å². The van der Waals surface area contributed by atoms with Crippen molar-refractivity contribution in [3.63, 3.8) is 0 Å². The second-order valence-electron chi connectivity index (χ2n) is 3.49. The Labute approximate surface area is 101 Å². The summed E-state index contributed by atoms with van der Waals surface area (Å²) in [6.45, 7) is 6.73. The minimum absolute atomic E-state index is 0.0472. The fourth-order valence-electron chi connectivity index (χ4n) is 1.48. The largest absolute Gasteiger partial charge is 0.277 e. The van der Waals surface area contributed by atoms with E-state index in [-0.39, 0.29) is 5.56 Å². The Bertz CT molecular complexity index is 519. The standard InChI is InChI=1S/C11H13N3O.C2H6/c1-2-3-8-14-11(15)9-6-4-5-7-10(9)12-13-14;1-2/h4-7H,2-3,8H2,1H3;1-2H3. The van der Waals surface area contributed by atoms with E-state index in [0.29, 0.717) is 17.4 Å². The molecule has 1 aromatic heterocycles. The van der Waals surface area contributed by atoms with Crippen LogP contribution in [-0.4, -0.2) is 15.0 Å². The van der Waals surface area contributed by atoms with Gasteiger partial charge in [0.05, 0.1) is 5.39 Å². The highest BCUT2D eigenvalue weighted by Crippen LogP contribution is 2.03. The maximum atomic E-state index is 11.9. The highest BCUT2D eigenvalue weighted by Gasteiger charge is 2.03. The van der Waals surface area contributed by atoms with Crippen LogP contribution in [0.15, 0.2) is 29.1 Å². The van der Waals surface area contributed by atoms with Crippen molar-refractivity contribution in [3.8, 4) is 0 Å². The van der Waals surface area contributed by atoms with Crippen molar-refractivity contribution in [3.05, 3.63) is 34.6 Å². The summed E-state index contributed by atoms with van der Waals surface area (Å²) in [5, 5.41) is 8.55. The van der Waals surface area contributed by atoms with Crippen molar-refractivity contribution in [2.75, 3.05) is 0 Å². The zero-order valence-corrected chi connectivity index (χ0v) is 10.7. The predicted molar refractivity (Wildman–Crippen MR) is 70.1 cm³/mol. The van der Waals surface area contributed by atoms with Gasteiger partial charge in [0.1, 0.15) is 5.52 Å². The van der Waals surface area contributed by atoms with Crippen molar-refractivity contribution in [2.45, 2.75) is 40.2 Å². The van der Waals surface area contributed by atoms with Crippen LogP contribution in [0.5, 0.6) is 0 Å². The van der Waals surface area contributed by atoms with Gasteiger partial charge in [-0.05, 0) is 18.6 Å². The summed E-state index contributed by atoms with van der Waals surface area (Å²) in [7, 11) is 0. The van der Waals surface area contributed by atoms with E-state index in [2.05, 4.69) is 17.2 Å². The number of aromatic nitrogens is 3. The molecule has 0 unspecified atom stereocenters. The van der Waals surface area contributed by atoms with Crippen LogP contribution in [0.4, 0.5) is 0 Å². The summed E-state index contributed by atoms with van der Waals surface area (Å²) in [5.41, 5.74) is 0.615. The Morgan fingerprint density at radius 2 is 1.94 bits per heavy atom. The number of hydrogen-bond donors (Lipinski definition) is 0. The Hall–Kier alpha value is -1.71. The van der Waals surface area contributed by atoms with E-state index in [1.165, 1.54) is 4.68 Å². The average Bonchev–Trinajstić information content (AvgIpc) is 2.41. The van der Waals surface area contributed by atoms with Crippen molar-refractivity contribution >= 4 is 10.9 Å². The van der Waals surface area contributed by atoms with Crippen LogP contribution >= 0.6 is 0 Å². The lowest BCUT2D eigenvalue weighted by molar-refractivity contribution is 0.520. The Morgan fingerprint density at radius 3 is 2.65 bits per heavy atom. The minimum Gasteiger partial charge on any atom is -0.267 e. The molecular weight excluding hydrogens is 214 g/mol. The molecule has 0 aliphatic heterocycles. The molecular formula is C13H19N3O. The number of fused-ring (bicyclic) bond motifs is 1. The molecule has 0 N–H and O–H groups in total. The van der Waals surface area contributed by atoms with Crippen LogP contribution in [0, 0.1) is 0 Å². The molecule has 0 atom stereocenters. The Kier molecular flexibility index (Phi) is 5.33. The first-order valence-electron chi connectivity index (χ1n) is 6.15. The normalized spacial score (nSPS) is 9.82. The van der Waals surface area contributed by atoms with Crippen molar-refractivity contribution in [1.29, 1.82) is 0 Å². The van der Waals surface area contributed by atoms with E-state index >= 15 is 0 Å². The third-order valence-corrected chi connectivity index (χ3v) is 2.35. The number of unbranched alkanes of at least 4 members (excludes halogenated alkanes) is 1. The first-order chi connectivity index (χ1) is 8.33. The summed E-state index contributed by atoms with van der Waals surface area (Å²) in [6, 6.07) is 7.28. The zero-order chi connectivity index (χ0) is 12.7. The SMILES string of the molecule is CC.CCCCn1nnc2ccccc2c1=O. The number of benzene rings is 1. The van der Waals surface area contributed by atoms with Crippen LogP contribution in [0.3, 0.4) is 0 Å². The first-order valence-corrected chi connectivity index (χ1v) is 6.15. The number of rotatable bonds is 3. The van der Waals surface area contributed by atoms with Crippen LogP contribution in [0.1, 0.15) is 33.6 Å². The first kappa shape index (κ1) is 13.4. The van der Waals surface area contributed by atoms with Gasteiger partial charge in [0.15, 0.2) is 0 Å². The molecule has 17 heavy (non-hydrogen) atoms.